The van der Waals surface area contributed by atoms with Crippen LogP contribution < -0.4 is 5.32 Å². The zero-order chi connectivity index (χ0) is 17.0. The van der Waals surface area contributed by atoms with E-state index in [9.17, 15) is 4.79 Å². The second-order valence-electron chi connectivity index (χ2n) is 7.33. The number of amides is 1. The summed E-state index contributed by atoms with van der Waals surface area (Å²) in [6.07, 6.45) is 1.22. The first kappa shape index (κ1) is 17.4. The Balaban J connectivity index is 1.61. The summed E-state index contributed by atoms with van der Waals surface area (Å²) < 4.78 is 6.09. The monoisotopic (exact) mass is 331 g/mol. The first-order chi connectivity index (χ1) is 11.6. The third-order valence-electron chi connectivity index (χ3n) is 5.12. The lowest BCUT2D eigenvalue weighted by Crippen LogP contribution is -2.63. The molecule has 5 heteroatoms. The van der Waals surface area contributed by atoms with E-state index in [0.29, 0.717) is 0 Å². The standard InChI is InChI=1S/C19H29N3O2/c1-19(2)18(23)20-9-11-22(19)15-17-14-21(10-6-12-24-17)13-16-7-4-3-5-8-16/h3-5,7-8,17H,6,9-15H2,1-2H3,(H,20,23)/t17-/m0/s1. The molecular weight excluding hydrogens is 302 g/mol. The van der Waals surface area contributed by atoms with Crippen LogP contribution in [-0.2, 0) is 16.1 Å². The highest BCUT2D eigenvalue weighted by atomic mass is 16.5. The van der Waals surface area contributed by atoms with Gasteiger partial charge in [-0.25, -0.2) is 0 Å². The number of nitrogens with one attached hydrogen (secondary N) is 1. The Kier molecular flexibility index (Phi) is 5.54. The average molecular weight is 331 g/mol. The number of ether oxygens (including phenoxy) is 1. The Hall–Kier alpha value is -1.43. The zero-order valence-electron chi connectivity index (χ0n) is 14.8. The molecule has 0 saturated carbocycles. The number of nitrogens with zero attached hydrogens (tertiary/aromatic N) is 2. The minimum absolute atomic E-state index is 0.114. The van der Waals surface area contributed by atoms with E-state index < -0.39 is 5.54 Å². The number of carbonyl (C=O) groups is 1. The SMILES string of the molecule is CC1(C)C(=O)NCCN1C[C@@H]1CN(Cc2ccccc2)CCCO1. The predicted molar refractivity (Wildman–Crippen MR) is 94.7 cm³/mol. The fourth-order valence-corrected chi connectivity index (χ4v) is 3.57. The predicted octanol–water partition coefficient (Wildman–Crippen LogP) is 1.49. The maximum atomic E-state index is 12.1. The molecule has 1 N–H and O–H groups in total. The van der Waals surface area contributed by atoms with Crippen molar-refractivity contribution in [1.82, 2.24) is 15.1 Å². The van der Waals surface area contributed by atoms with Crippen LogP contribution in [-0.4, -0.2) is 66.7 Å². The van der Waals surface area contributed by atoms with Crippen LogP contribution in [0.5, 0.6) is 0 Å². The van der Waals surface area contributed by atoms with E-state index in [-0.39, 0.29) is 12.0 Å². The second kappa shape index (κ2) is 7.64. The van der Waals surface area contributed by atoms with Crippen LogP contribution in [0, 0.1) is 0 Å². The maximum Gasteiger partial charge on any atom is 0.240 e. The second-order valence-corrected chi connectivity index (χ2v) is 7.33. The summed E-state index contributed by atoms with van der Waals surface area (Å²) in [7, 11) is 0. The summed E-state index contributed by atoms with van der Waals surface area (Å²) in [6, 6.07) is 10.6. The number of rotatable bonds is 4. The fourth-order valence-electron chi connectivity index (χ4n) is 3.57. The summed E-state index contributed by atoms with van der Waals surface area (Å²) in [5, 5.41) is 2.96. The normalized spacial score (nSPS) is 25.9. The van der Waals surface area contributed by atoms with Gasteiger partial charge in [-0.2, -0.15) is 0 Å². The topological polar surface area (TPSA) is 44.8 Å². The molecule has 2 aliphatic heterocycles. The van der Waals surface area contributed by atoms with E-state index >= 15 is 0 Å². The van der Waals surface area contributed by atoms with Crippen LogP contribution in [0.2, 0.25) is 0 Å². The van der Waals surface area contributed by atoms with Gasteiger partial charge in [-0.3, -0.25) is 14.6 Å². The molecule has 1 aromatic rings. The lowest BCUT2D eigenvalue weighted by atomic mass is 9.98. The average Bonchev–Trinajstić information content (AvgIpc) is 2.78. The Labute approximate surface area is 145 Å². The molecule has 0 bridgehead atoms. The molecule has 2 aliphatic rings. The summed E-state index contributed by atoms with van der Waals surface area (Å²) in [4.78, 5) is 16.9. The maximum absolute atomic E-state index is 12.1. The third-order valence-corrected chi connectivity index (χ3v) is 5.12. The molecule has 0 aliphatic carbocycles. The molecule has 0 radical (unpaired) electrons. The van der Waals surface area contributed by atoms with Gasteiger partial charge in [0.1, 0.15) is 0 Å². The minimum atomic E-state index is -0.460. The fraction of sp³-hybridized carbons (Fsp3) is 0.632. The molecule has 0 unspecified atom stereocenters. The molecule has 2 heterocycles. The van der Waals surface area contributed by atoms with Gasteiger partial charge in [0, 0.05) is 45.9 Å². The van der Waals surface area contributed by atoms with Gasteiger partial charge in [-0.1, -0.05) is 30.3 Å². The number of carbonyl (C=O) groups excluding carboxylic acids is 1. The third kappa shape index (κ3) is 4.15. The van der Waals surface area contributed by atoms with Crippen molar-refractivity contribution in [3.63, 3.8) is 0 Å². The van der Waals surface area contributed by atoms with Gasteiger partial charge in [-0.15, -0.1) is 0 Å². The number of piperazine rings is 1. The minimum Gasteiger partial charge on any atom is -0.375 e. The lowest BCUT2D eigenvalue weighted by Gasteiger charge is -2.42. The van der Waals surface area contributed by atoms with Gasteiger partial charge in [0.05, 0.1) is 11.6 Å². The summed E-state index contributed by atoms with van der Waals surface area (Å²) in [5.41, 5.74) is 0.883. The van der Waals surface area contributed by atoms with Crippen LogP contribution in [0.15, 0.2) is 30.3 Å². The lowest BCUT2D eigenvalue weighted by molar-refractivity contribution is -0.136. The van der Waals surface area contributed by atoms with E-state index in [1.54, 1.807) is 0 Å². The van der Waals surface area contributed by atoms with E-state index in [4.69, 9.17) is 4.74 Å². The molecule has 1 aromatic carbocycles. The molecule has 24 heavy (non-hydrogen) atoms. The molecule has 1 atom stereocenters. The smallest absolute Gasteiger partial charge is 0.240 e. The van der Waals surface area contributed by atoms with Crippen molar-refractivity contribution in [2.24, 2.45) is 0 Å². The van der Waals surface area contributed by atoms with Crippen molar-refractivity contribution >= 4 is 5.91 Å². The van der Waals surface area contributed by atoms with Crippen molar-refractivity contribution in [2.75, 3.05) is 39.3 Å². The molecule has 3 rings (SSSR count). The highest BCUT2D eigenvalue weighted by molar-refractivity contribution is 5.86. The Morgan fingerprint density at radius 1 is 1.25 bits per heavy atom. The van der Waals surface area contributed by atoms with Gasteiger partial charge >= 0.3 is 0 Å². The molecule has 0 spiro atoms. The molecule has 1 amide bonds. The van der Waals surface area contributed by atoms with Crippen molar-refractivity contribution in [1.29, 1.82) is 0 Å². The molecule has 2 saturated heterocycles. The number of benzene rings is 1. The first-order valence-electron chi connectivity index (χ1n) is 8.97. The zero-order valence-corrected chi connectivity index (χ0v) is 14.8. The quantitative estimate of drug-likeness (QED) is 0.908. The Morgan fingerprint density at radius 2 is 2.04 bits per heavy atom. The van der Waals surface area contributed by atoms with E-state index in [1.807, 2.05) is 13.8 Å². The molecule has 132 valence electrons. The molecule has 0 aromatic heterocycles. The van der Waals surface area contributed by atoms with E-state index in [0.717, 1.165) is 52.3 Å². The molecule has 5 nitrogen and oxygen atoms in total. The summed E-state index contributed by atoms with van der Waals surface area (Å²) in [5.74, 6) is 0.114. The van der Waals surface area contributed by atoms with Crippen LogP contribution in [0.3, 0.4) is 0 Å². The van der Waals surface area contributed by atoms with Gasteiger partial charge in [-0.05, 0) is 25.8 Å². The summed E-state index contributed by atoms with van der Waals surface area (Å²) >= 11 is 0. The number of hydrogen-bond donors (Lipinski definition) is 1. The summed E-state index contributed by atoms with van der Waals surface area (Å²) in [6.45, 7) is 10.2. The molecule has 2 fully saturated rings. The van der Waals surface area contributed by atoms with Crippen LogP contribution in [0.1, 0.15) is 25.8 Å². The van der Waals surface area contributed by atoms with Crippen LogP contribution in [0.25, 0.3) is 0 Å². The highest BCUT2D eigenvalue weighted by Crippen LogP contribution is 2.20. The van der Waals surface area contributed by atoms with Gasteiger partial charge in [0.15, 0.2) is 0 Å². The van der Waals surface area contributed by atoms with Crippen LogP contribution >= 0.6 is 0 Å². The number of hydrogen-bond acceptors (Lipinski definition) is 4. The van der Waals surface area contributed by atoms with E-state index in [1.165, 1.54) is 5.56 Å². The van der Waals surface area contributed by atoms with Gasteiger partial charge < -0.3 is 10.1 Å². The van der Waals surface area contributed by atoms with Crippen molar-refractivity contribution < 1.29 is 9.53 Å². The van der Waals surface area contributed by atoms with Crippen LogP contribution in [0.4, 0.5) is 0 Å². The highest BCUT2D eigenvalue weighted by Gasteiger charge is 2.38. The van der Waals surface area contributed by atoms with E-state index in [2.05, 4.69) is 45.4 Å². The molecular formula is C19H29N3O2. The Bertz CT molecular complexity index is 547. The van der Waals surface area contributed by atoms with Crippen molar-refractivity contribution in [3.8, 4) is 0 Å². The van der Waals surface area contributed by atoms with Crippen molar-refractivity contribution in [3.05, 3.63) is 35.9 Å². The largest absolute Gasteiger partial charge is 0.375 e. The first-order valence-corrected chi connectivity index (χ1v) is 8.97. The Morgan fingerprint density at radius 3 is 2.83 bits per heavy atom. The van der Waals surface area contributed by atoms with Crippen molar-refractivity contribution in [2.45, 2.75) is 38.5 Å². The van der Waals surface area contributed by atoms with Gasteiger partial charge in [0.2, 0.25) is 5.91 Å². The van der Waals surface area contributed by atoms with Gasteiger partial charge in [0.25, 0.3) is 0 Å².